The van der Waals surface area contributed by atoms with E-state index in [0.717, 1.165) is 24.1 Å². The van der Waals surface area contributed by atoms with E-state index in [0.29, 0.717) is 45.3 Å². The minimum absolute atomic E-state index is 0.0235. The number of aryl methyl sites for hydroxylation is 1. The average molecular weight is 463 g/mol. The molecule has 3 aromatic rings. The van der Waals surface area contributed by atoms with Crippen LogP contribution >= 0.6 is 23.2 Å². The summed E-state index contributed by atoms with van der Waals surface area (Å²) >= 11 is 12.6. The molecule has 164 valence electrons. The van der Waals surface area contributed by atoms with Crippen molar-refractivity contribution < 1.29 is 14.6 Å². The van der Waals surface area contributed by atoms with Crippen molar-refractivity contribution >= 4 is 40.0 Å². The van der Waals surface area contributed by atoms with Crippen molar-refractivity contribution in [3.63, 3.8) is 0 Å². The number of hydrogen-bond donors (Lipinski definition) is 3. The molecule has 1 aliphatic rings. The van der Waals surface area contributed by atoms with E-state index in [4.69, 9.17) is 33.7 Å². The van der Waals surface area contributed by atoms with Gasteiger partial charge in [-0.3, -0.25) is 9.78 Å². The molecule has 0 aliphatic carbocycles. The van der Waals surface area contributed by atoms with Crippen LogP contribution in [0.2, 0.25) is 10.0 Å². The fourth-order valence-electron chi connectivity index (χ4n) is 4.07. The molecule has 2 aromatic heterocycles. The Morgan fingerprint density at radius 3 is 2.77 bits per heavy atom. The lowest BCUT2D eigenvalue weighted by Crippen LogP contribution is -2.40. The number of nitrogens with two attached hydrogens (primary N) is 1. The Morgan fingerprint density at radius 2 is 2.10 bits per heavy atom. The lowest BCUT2D eigenvalue weighted by atomic mass is 9.95. The van der Waals surface area contributed by atoms with E-state index in [9.17, 15) is 9.90 Å². The summed E-state index contributed by atoms with van der Waals surface area (Å²) in [6, 6.07) is 5.27. The second kappa shape index (κ2) is 9.04. The number of carbonyl (C=O) groups is 1. The van der Waals surface area contributed by atoms with Crippen molar-refractivity contribution in [2.24, 2.45) is 5.73 Å². The van der Waals surface area contributed by atoms with E-state index in [1.54, 1.807) is 24.4 Å². The molecule has 1 aromatic carbocycles. The highest BCUT2D eigenvalue weighted by Crippen LogP contribution is 2.42. The zero-order valence-electron chi connectivity index (χ0n) is 17.1. The Balaban J connectivity index is 1.77. The average Bonchev–Trinajstić information content (AvgIpc) is 3.02. The number of pyridine rings is 1. The number of aromatic hydroxyl groups is 1. The van der Waals surface area contributed by atoms with Crippen LogP contribution in [-0.4, -0.2) is 39.8 Å². The van der Waals surface area contributed by atoms with Gasteiger partial charge < -0.3 is 25.5 Å². The fourth-order valence-corrected chi connectivity index (χ4v) is 4.57. The SMILES string of the molecule is Cc1nc2cn(CC(=O)NC3CCOCC3)c(O)c2c(-c2ccc(Cl)cc2Cl)c1CN. The first-order valence-corrected chi connectivity index (χ1v) is 10.9. The van der Waals surface area contributed by atoms with Gasteiger partial charge in [-0.1, -0.05) is 29.3 Å². The van der Waals surface area contributed by atoms with Crippen LogP contribution in [0.15, 0.2) is 24.4 Å². The fraction of sp³-hybridized carbons (Fsp3) is 0.364. The normalized spacial score (nSPS) is 14.8. The Hall–Kier alpha value is -2.32. The van der Waals surface area contributed by atoms with Gasteiger partial charge in [-0.05, 0) is 37.5 Å². The smallest absolute Gasteiger partial charge is 0.240 e. The number of benzene rings is 1. The summed E-state index contributed by atoms with van der Waals surface area (Å²) in [5, 5.41) is 15.5. The first-order valence-electron chi connectivity index (χ1n) is 10.1. The minimum Gasteiger partial charge on any atom is -0.494 e. The van der Waals surface area contributed by atoms with Gasteiger partial charge in [0.05, 0.1) is 10.9 Å². The van der Waals surface area contributed by atoms with E-state index >= 15 is 0 Å². The Morgan fingerprint density at radius 1 is 1.35 bits per heavy atom. The molecule has 1 aliphatic heterocycles. The van der Waals surface area contributed by atoms with E-state index in [1.807, 2.05) is 6.92 Å². The number of fused-ring (bicyclic) bond motifs is 1. The molecule has 0 atom stereocenters. The van der Waals surface area contributed by atoms with E-state index in [2.05, 4.69) is 10.3 Å². The largest absolute Gasteiger partial charge is 0.494 e. The molecule has 9 heteroatoms. The quantitative estimate of drug-likeness (QED) is 0.535. The number of nitrogens with zero attached hydrogens (tertiary/aromatic N) is 2. The molecule has 0 bridgehead atoms. The molecule has 7 nitrogen and oxygen atoms in total. The van der Waals surface area contributed by atoms with Gasteiger partial charge in [0.1, 0.15) is 6.54 Å². The number of carbonyl (C=O) groups excluding carboxylic acids is 1. The molecule has 0 unspecified atom stereocenters. The Bertz CT molecular complexity index is 1140. The van der Waals surface area contributed by atoms with Gasteiger partial charge in [-0.25, -0.2) is 0 Å². The standard InChI is InChI=1S/C22H24Cl2N4O3/c1-12-16(9-25)20(15-3-2-13(23)8-17(15)24)21-18(26-12)10-28(22(21)30)11-19(29)27-14-4-6-31-7-5-14/h2-3,8,10,14,30H,4-7,9,11,25H2,1H3,(H,27,29). The molecule has 0 radical (unpaired) electrons. The van der Waals surface area contributed by atoms with E-state index in [-0.39, 0.29) is 30.9 Å². The highest BCUT2D eigenvalue weighted by molar-refractivity contribution is 6.36. The van der Waals surface area contributed by atoms with Gasteiger partial charge in [0.2, 0.25) is 11.8 Å². The maximum atomic E-state index is 12.6. The lowest BCUT2D eigenvalue weighted by Gasteiger charge is -2.23. The Labute approximate surface area is 190 Å². The number of halogens is 2. The predicted molar refractivity (Wildman–Crippen MR) is 121 cm³/mol. The van der Waals surface area contributed by atoms with Crippen LogP contribution in [-0.2, 0) is 22.6 Å². The number of amides is 1. The predicted octanol–water partition coefficient (Wildman–Crippen LogP) is 3.78. The molecule has 4 rings (SSSR count). The van der Waals surface area contributed by atoms with Crippen LogP contribution in [0.5, 0.6) is 5.88 Å². The van der Waals surface area contributed by atoms with Crippen LogP contribution in [0, 0.1) is 6.92 Å². The number of aromatic nitrogens is 2. The van der Waals surface area contributed by atoms with Gasteiger partial charge in [0.15, 0.2) is 0 Å². The van der Waals surface area contributed by atoms with E-state index in [1.165, 1.54) is 4.57 Å². The summed E-state index contributed by atoms with van der Waals surface area (Å²) in [5.74, 6) is -0.232. The van der Waals surface area contributed by atoms with Gasteiger partial charge in [-0.2, -0.15) is 0 Å². The maximum Gasteiger partial charge on any atom is 0.240 e. The molecule has 1 fully saturated rings. The second-order valence-electron chi connectivity index (χ2n) is 7.67. The molecule has 31 heavy (non-hydrogen) atoms. The zero-order chi connectivity index (χ0) is 22.1. The molecule has 4 N–H and O–H groups in total. The molecule has 0 spiro atoms. The lowest BCUT2D eigenvalue weighted by molar-refractivity contribution is -0.123. The van der Waals surface area contributed by atoms with Crippen molar-refractivity contribution in [1.82, 2.24) is 14.9 Å². The molecule has 3 heterocycles. The monoisotopic (exact) mass is 462 g/mol. The number of hydrogen-bond acceptors (Lipinski definition) is 5. The third kappa shape index (κ3) is 4.36. The van der Waals surface area contributed by atoms with Gasteiger partial charge in [0, 0.05) is 58.9 Å². The van der Waals surface area contributed by atoms with Gasteiger partial charge in [0.25, 0.3) is 0 Å². The molecule has 0 saturated carbocycles. The number of nitrogens with one attached hydrogen (secondary N) is 1. The highest BCUT2D eigenvalue weighted by Gasteiger charge is 2.23. The third-order valence-corrected chi connectivity index (χ3v) is 6.16. The van der Waals surface area contributed by atoms with Crippen molar-refractivity contribution in [1.29, 1.82) is 0 Å². The van der Waals surface area contributed by atoms with Crippen LogP contribution in [0.4, 0.5) is 0 Å². The minimum atomic E-state index is -0.177. The van der Waals surface area contributed by atoms with Crippen molar-refractivity contribution in [3.8, 4) is 17.0 Å². The summed E-state index contributed by atoms with van der Waals surface area (Å²) in [7, 11) is 0. The van der Waals surface area contributed by atoms with E-state index < -0.39 is 0 Å². The second-order valence-corrected chi connectivity index (χ2v) is 8.52. The van der Waals surface area contributed by atoms with Crippen LogP contribution < -0.4 is 11.1 Å². The molecule has 1 amide bonds. The summed E-state index contributed by atoms with van der Waals surface area (Å²) in [5.41, 5.74) is 9.50. The van der Waals surface area contributed by atoms with Crippen molar-refractivity contribution in [2.45, 2.75) is 38.9 Å². The highest BCUT2D eigenvalue weighted by atomic mass is 35.5. The summed E-state index contributed by atoms with van der Waals surface area (Å²) in [6.07, 6.45) is 3.24. The van der Waals surface area contributed by atoms with Crippen molar-refractivity contribution in [2.75, 3.05) is 13.2 Å². The molecular weight excluding hydrogens is 439 g/mol. The summed E-state index contributed by atoms with van der Waals surface area (Å²) in [4.78, 5) is 17.2. The topological polar surface area (TPSA) is 102 Å². The first kappa shape index (κ1) is 21.9. The summed E-state index contributed by atoms with van der Waals surface area (Å²) in [6.45, 7) is 3.34. The van der Waals surface area contributed by atoms with Crippen LogP contribution in [0.25, 0.3) is 22.0 Å². The van der Waals surface area contributed by atoms with Gasteiger partial charge >= 0.3 is 0 Å². The third-order valence-electron chi connectivity index (χ3n) is 5.61. The summed E-state index contributed by atoms with van der Waals surface area (Å²) < 4.78 is 6.83. The van der Waals surface area contributed by atoms with Crippen molar-refractivity contribution in [3.05, 3.63) is 45.7 Å². The zero-order valence-corrected chi connectivity index (χ0v) is 18.6. The van der Waals surface area contributed by atoms with Crippen LogP contribution in [0.1, 0.15) is 24.1 Å². The molecule has 1 saturated heterocycles. The maximum absolute atomic E-state index is 12.6. The molecular formula is C22H24Cl2N4O3. The number of rotatable bonds is 5. The first-order chi connectivity index (χ1) is 14.9. The van der Waals surface area contributed by atoms with Crippen LogP contribution in [0.3, 0.4) is 0 Å². The number of ether oxygens (including phenoxy) is 1. The van der Waals surface area contributed by atoms with Gasteiger partial charge in [-0.15, -0.1) is 0 Å². The Kier molecular flexibility index (Phi) is 6.39.